The van der Waals surface area contributed by atoms with Gasteiger partial charge in [0.15, 0.2) is 0 Å². The summed E-state index contributed by atoms with van der Waals surface area (Å²) in [6, 6.07) is 5.21. The molecule has 0 aliphatic heterocycles. The summed E-state index contributed by atoms with van der Waals surface area (Å²) in [7, 11) is 1.72. The number of rotatable bonds is 6. The topological polar surface area (TPSA) is 55.2 Å². The Bertz CT molecular complexity index is 394. The lowest BCUT2D eigenvalue weighted by Gasteiger charge is -2.10. The molecule has 0 aromatic heterocycles. The summed E-state index contributed by atoms with van der Waals surface area (Å²) < 4.78 is 0. The maximum atomic E-state index is 10.9. The van der Waals surface area contributed by atoms with Gasteiger partial charge < -0.3 is 5.32 Å². The van der Waals surface area contributed by atoms with Crippen LogP contribution in [-0.2, 0) is 5.75 Å². The van der Waals surface area contributed by atoms with Crippen LogP contribution in [0.5, 0.6) is 0 Å². The molecule has 17 heavy (non-hydrogen) atoms. The fourth-order valence-electron chi connectivity index (χ4n) is 1.55. The normalized spacial score (nSPS) is 10.6. The van der Waals surface area contributed by atoms with Crippen molar-refractivity contribution in [1.82, 2.24) is 0 Å². The van der Waals surface area contributed by atoms with Crippen molar-refractivity contribution < 1.29 is 4.92 Å². The summed E-state index contributed by atoms with van der Waals surface area (Å²) >= 11 is 1.80. The number of nitro benzene ring substituents is 1. The maximum absolute atomic E-state index is 10.9. The Hall–Kier alpha value is -1.23. The number of nitrogens with one attached hydrogen (secondary N) is 1. The first-order valence-corrected chi connectivity index (χ1v) is 6.73. The van der Waals surface area contributed by atoms with Crippen molar-refractivity contribution >= 4 is 23.1 Å². The second-order valence-electron chi connectivity index (χ2n) is 4.23. The molecule has 0 bridgehead atoms. The minimum atomic E-state index is -0.345. The highest BCUT2D eigenvalue weighted by Gasteiger charge is 2.15. The third-order valence-corrected chi connectivity index (χ3v) is 3.70. The number of nitrogens with zero attached hydrogens (tertiary/aromatic N) is 1. The SMILES string of the molecule is CNc1c(CSCC(C)C)cccc1[N+](=O)[O-]. The summed E-state index contributed by atoms with van der Waals surface area (Å²) in [4.78, 5) is 10.5. The van der Waals surface area contributed by atoms with Gasteiger partial charge in [0, 0.05) is 18.9 Å². The molecule has 0 radical (unpaired) electrons. The van der Waals surface area contributed by atoms with Crippen molar-refractivity contribution in [2.75, 3.05) is 18.1 Å². The number of para-hydroxylation sites is 1. The first-order chi connectivity index (χ1) is 8.06. The van der Waals surface area contributed by atoms with Crippen molar-refractivity contribution in [3.63, 3.8) is 0 Å². The molecule has 0 spiro atoms. The van der Waals surface area contributed by atoms with E-state index >= 15 is 0 Å². The van der Waals surface area contributed by atoms with E-state index in [9.17, 15) is 10.1 Å². The molecule has 0 aliphatic carbocycles. The van der Waals surface area contributed by atoms with E-state index in [1.165, 1.54) is 6.07 Å². The van der Waals surface area contributed by atoms with Crippen LogP contribution >= 0.6 is 11.8 Å². The van der Waals surface area contributed by atoms with E-state index < -0.39 is 0 Å². The Morgan fingerprint density at radius 2 is 2.18 bits per heavy atom. The van der Waals surface area contributed by atoms with Gasteiger partial charge in [-0.2, -0.15) is 11.8 Å². The van der Waals surface area contributed by atoms with Crippen LogP contribution in [-0.4, -0.2) is 17.7 Å². The molecule has 1 N–H and O–H groups in total. The number of nitro groups is 1. The van der Waals surface area contributed by atoms with Crippen molar-refractivity contribution in [2.45, 2.75) is 19.6 Å². The Balaban J connectivity index is 2.84. The van der Waals surface area contributed by atoms with E-state index in [1.807, 2.05) is 6.07 Å². The molecular weight excluding hydrogens is 236 g/mol. The van der Waals surface area contributed by atoms with Crippen LogP contribution in [0.4, 0.5) is 11.4 Å². The number of thioether (sulfide) groups is 1. The van der Waals surface area contributed by atoms with Crippen LogP contribution in [0.25, 0.3) is 0 Å². The second kappa shape index (κ2) is 6.49. The van der Waals surface area contributed by atoms with Gasteiger partial charge in [-0.05, 0) is 17.2 Å². The Kier molecular flexibility index (Phi) is 5.28. The summed E-state index contributed by atoms with van der Waals surface area (Å²) in [6.07, 6.45) is 0. The zero-order chi connectivity index (χ0) is 12.8. The van der Waals surface area contributed by atoms with Gasteiger partial charge in [0.25, 0.3) is 5.69 Å². The molecule has 94 valence electrons. The van der Waals surface area contributed by atoms with E-state index in [2.05, 4.69) is 19.2 Å². The number of hydrogen-bond acceptors (Lipinski definition) is 4. The molecule has 0 atom stereocenters. The van der Waals surface area contributed by atoms with Gasteiger partial charge in [0.1, 0.15) is 5.69 Å². The van der Waals surface area contributed by atoms with Crippen molar-refractivity contribution in [3.05, 3.63) is 33.9 Å². The molecule has 0 saturated heterocycles. The zero-order valence-corrected chi connectivity index (χ0v) is 11.2. The quantitative estimate of drug-likeness (QED) is 0.623. The van der Waals surface area contributed by atoms with Crippen LogP contribution in [0.2, 0.25) is 0 Å². The van der Waals surface area contributed by atoms with Crippen LogP contribution < -0.4 is 5.32 Å². The van der Waals surface area contributed by atoms with E-state index in [1.54, 1.807) is 24.9 Å². The molecule has 4 nitrogen and oxygen atoms in total. The predicted octanol–water partition coefficient (Wildman–Crippen LogP) is 3.53. The summed E-state index contributed by atoms with van der Waals surface area (Å²) in [5.41, 5.74) is 1.77. The zero-order valence-electron chi connectivity index (χ0n) is 10.4. The van der Waals surface area contributed by atoms with Gasteiger partial charge in [-0.3, -0.25) is 10.1 Å². The minimum Gasteiger partial charge on any atom is -0.382 e. The van der Waals surface area contributed by atoms with Gasteiger partial charge in [-0.15, -0.1) is 0 Å². The molecule has 1 rings (SSSR count). The van der Waals surface area contributed by atoms with Gasteiger partial charge >= 0.3 is 0 Å². The average Bonchev–Trinajstić information content (AvgIpc) is 2.28. The van der Waals surface area contributed by atoms with Crippen LogP contribution in [0, 0.1) is 16.0 Å². The Morgan fingerprint density at radius 3 is 2.71 bits per heavy atom. The molecule has 0 amide bonds. The molecular formula is C12H18N2O2S. The second-order valence-corrected chi connectivity index (χ2v) is 5.26. The first kappa shape index (κ1) is 13.8. The molecule has 0 fully saturated rings. The van der Waals surface area contributed by atoms with Gasteiger partial charge in [-0.25, -0.2) is 0 Å². The molecule has 0 unspecified atom stereocenters. The van der Waals surface area contributed by atoms with Gasteiger partial charge in [0.2, 0.25) is 0 Å². The predicted molar refractivity (Wildman–Crippen MR) is 73.6 cm³/mol. The van der Waals surface area contributed by atoms with E-state index in [4.69, 9.17) is 0 Å². The Labute approximate surface area is 106 Å². The highest BCUT2D eigenvalue weighted by molar-refractivity contribution is 7.98. The average molecular weight is 254 g/mol. The molecule has 0 heterocycles. The molecule has 5 heteroatoms. The summed E-state index contributed by atoms with van der Waals surface area (Å²) in [6.45, 7) is 4.33. The van der Waals surface area contributed by atoms with E-state index in [0.29, 0.717) is 11.6 Å². The van der Waals surface area contributed by atoms with Crippen molar-refractivity contribution in [3.8, 4) is 0 Å². The van der Waals surface area contributed by atoms with E-state index in [-0.39, 0.29) is 10.6 Å². The monoisotopic (exact) mass is 254 g/mol. The van der Waals surface area contributed by atoms with Crippen LogP contribution in [0.1, 0.15) is 19.4 Å². The van der Waals surface area contributed by atoms with Crippen LogP contribution in [0.15, 0.2) is 18.2 Å². The first-order valence-electron chi connectivity index (χ1n) is 5.58. The lowest BCUT2D eigenvalue weighted by Crippen LogP contribution is -2.01. The standard InChI is InChI=1S/C12H18N2O2S/c1-9(2)7-17-8-10-5-4-6-11(14(15)16)12(10)13-3/h4-6,9,13H,7-8H2,1-3H3. The highest BCUT2D eigenvalue weighted by Crippen LogP contribution is 2.30. The lowest BCUT2D eigenvalue weighted by molar-refractivity contribution is -0.384. The minimum absolute atomic E-state index is 0.148. The summed E-state index contributed by atoms with van der Waals surface area (Å²) in [5, 5.41) is 13.8. The number of anilines is 1. The highest BCUT2D eigenvalue weighted by atomic mass is 32.2. The molecule has 0 saturated carbocycles. The fraction of sp³-hybridized carbons (Fsp3) is 0.500. The third-order valence-electron chi connectivity index (χ3n) is 2.28. The van der Waals surface area contributed by atoms with Crippen molar-refractivity contribution in [2.24, 2.45) is 5.92 Å². The Morgan fingerprint density at radius 1 is 1.47 bits per heavy atom. The molecule has 0 aliphatic rings. The number of benzene rings is 1. The molecule has 1 aromatic rings. The summed E-state index contributed by atoms with van der Waals surface area (Å²) in [5.74, 6) is 2.50. The van der Waals surface area contributed by atoms with Gasteiger partial charge in [0.05, 0.1) is 4.92 Å². The van der Waals surface area contributed by atoms with Gasteiger partial charge in [-0.1, -0.05) is 26.0 Å². The third kappa shape index (κ3) is 3.93. The fourth-order valence-corrected chi connectivity index (χ4v) is 2.60. The number of hydrogen-bond donors (Lipinski definition) is 1. The van der Waals surface area contributed by atoms with Crippen molar-refractivity contribution in [1.29, 1.82) is 0 Å². The van der Waals surface area contributed by atoms with Crippen LogP contribution in [0.3, 0.4) is 0 Å². The lowest BCUT2D eigenvalue weighted by atomic mass is 10.1. The molecule has 1 aromatic carbocycles. The largest absolute Gasteiger partial charge is 0.382 e. The maximum Gasteiger partial charge on any atom is 0.292 e. The smallest absolute Gasteiger partial charge is 0.292 e. The van der Waals surface area contributed by atoms with E-state index in [0.717, 1.165) is 17.1 Å².